The first-order valence-electron chi connectivity index (χ1n) is 5.22. The lowest BCUT2D eigenvalue weighted by Crippen LogP contribution is -2.15. The van der Waals surface area contributed by atoms with E-state index in [2.05, 4.69) is 13.8 Å². The minimum atomic E-state index is -0.954. The zero-order valence-corrected chi connectivity index (χ0v) is 10.1. The summed E-state index contributed by atoms with van der Waals surface area (Å²) in [5.41, 5.74) is 0. The van der Waals surface area contributed by atoms with Crippen LogP contribution in [0.4, 0.5) is 0 Å². The van der Waals surface area contributed by atoms with Crippen LogP contribution < -0.4 is 0 Å². The summed E-state index contributed by atoms with van der Waals surface area (Å²) in [5, 5.41) is 47.5. The first kappa shape index (κ1) is 21.1. The summed E-state index contributed by atoms with van der Waals surface area (Å²) in [4.78, 5) is 0. The molecular weight excluding hydrogens is 216 g/mol. The van der Waals surface area contributed by atoms with Crippen LogP contribution in [-0.2, 0) is 0 Å². The van der Waals surface area contributed by atoms with Gasteiger partial charge >= 0.3 is 0 Å². The summed E-state index contributed by atoms with van der Waals surface area (Å²) >= 11 is 0. The van der Waals surface area contributed by atoms with Gasteiger partial charge in [-0.25, -0.2) is 0 Å². The topological polar surface area (TPSA) is 121 Å². The second-order valence-electron chi connectivity index (χ2n) is 3.37. The maximum absolute atomic E-state index is 8.24. The summed E-state index contributed by atoms with van der Waals surface area (Å²) < 4.78 is 0. The molecule has 16 heavy (non-hydrogen) atoms. The van der Waals surface area contributed by atoms with E-state index in [4.69, 9.17) is 30.6 Å². The number of aliphatic hydroxyl groups excluding tert-OH is 6. The van der Waals surface area contributed by atoms with Crippen molar-refractivity contribution in [1.29, 1.82) is 0 Å². The standard InChI is InChI=1S/C5H12O.C3H8O3.C2H6O2/c1-5(2)3-4-6;4-1-3(6)2-5;3-1-2-4/h5-6H,3-4H2,1-2H3;3-6H,1-2H2;3-4H,1-2H2. The lowest BCUT2D eigenvalue weighted by atomic mass is 10.2. The maximum atomic E-state index is 8.24. The summed E-state index contributed by atoms with van der Waals surface area (Å²) in [5.74, 6) is 0.648. The summed E-state index contributed by atoms with van der Waals surface area (Å²) in [7, 11) is 0. The number of hydrogen-bond donors (Lipinski definition) is 6. The molecule has 0 spiro atoms. The van der Waals surface area contributed by atoms with E-state index in [0.717, 1.165) is 6.42 Å². The molecule has 0 heterocycles. The van der Waals surface area contributed by atoms with E-state index in [1.165, 1.54) is 0 Å². The molecule has 0 unspecified atom stereocenters. The van der Waals surface area contributed by atoms with Crippen LogP contribution in [0.1, 0.15) is 20.3 Å². The molecule has 0 fully saturated rings. The van der Waals surface area contributed by atoms with E-state index in [9.17, 15) is 0 Å². The van der Waals surface area contributed by atoms with Gasteiger partial charge in [0, 0.05) is 6.61 Å². The Bertz CT molecular complexity index is 93.3. The van der Waals surface area contributed by atoms with E-state index >= 15 is 0 Å². The van der Waals surface area contributed by atoms with E-state index in [-0.39, 0.29) is 26.4 Å². The molecule has 0 aromatic rings. The molecule has 0 aromatic carbocycles. The Balaban J connectivity index is -0.000000162. The van der Waals surface area contributed by atoms with Gasteiger partial charge in [-0.05, 0) is 12.3 Å². The monoisotopic (exact) mass is 242 g/mol. The van der Waals surface area contributed by atoms with E-state index < -0.39 is 6.10 Å². The van der Waals surface area contributed by atoms with Crippen molar-refractivity contribution in [2.45, 2.75) is 26.4 Å². The van der Waals surface area contributed by atoms with Crippen molar-refractivity contribution in [2.75, 3.05) is 33.0 Å². The molecular formula is C10H26O6. The lowest BCUT2D eigenvalue weighted by molar-refractivity contribution is 0.0450. The SMILES string of the molecule is CC(C)CCO.OCC(O)CO.OCCO. The molecule has 6 N–H and O–H groups in total. The Morgan fingerprint density at radius 2 is 1.12 bits per heavy atom. The quantitative estimate of drug-likeness (QED) is 0.343. The molecule has 6 heteroatoms. The second kappa shape index (κ2) is 20.2. The number of hydrogen-bond acceptors (Lipinski definition) is 6. The van der Waals surface area contributed by atoms with Crippen molar-refractivity contribution in [3.05, 3.63) is 0 Å². The molecule has 0 rings (SSSR count). The first-order valence-corrected chi connectivity index (χ1v) is 5.22. The number of rotatable bonds is 5. The zero-order valence-electron chi connectivity index (χ0n) is 10.1. The van der Waals surface area contributed by atoms with Gasteiger partial charge in [0.1, 0.15) is 6.10 Å². The Labute approximate surface area is 96.8 Å². The van der Waals surface area contributed by atoms with Gasteiger partial charge in [-0.3, -0.25) is 0 Å². The van der Waals surface area contributed by atoms with Gasteiger partial charge in [0.15, 0.2) is 0 Å². The first-order chi connectivity index (χ1) is 7.49. The molecule has 0 bridgehead atoms. The Morgan fingerprint density at radius 3 is 1.12 bits per heavy atom. The van der Waals surface area contributed by atoms with E-state index in [0.29, 0.717) is 12.5 Å². The van der Waals surface area contributed by atoms with Gasteiger partial charge < -0.3 is 30.6 Å². The summed E-state index contributed by atoms with van der Waals surface area (Å²) in [6.45, 7) is 3.54. The number of aliphatic hydroxyl groups is 6. The minimum absolute atomic E-state index is 0.125. The molecule has 0 amide bonds. The summed E-state index contributed by atoms with van der Waals surface area (Å²) in [6, 6.07) is 0. The highest BCUT2D eigenvalue weighted by Gasteiger charge is 1.93. The van der Waals surface area contributed by atoms with Crippen LogP contribution in [0.2, 0.25) is 0 Å². The third-order valence-corrected chi connectivity index (χ3v) is 1.23. The molecule has 0 aliphatic heterocycles. The molecule has 0 aliphatic carbocycles. The molecule has 102 valence electrons. The van der Waals surface area contributed by atoms with Gasteiger partial charge in [-0.1, -0.05) is 13.8 Å². The molecule has 0 atom stereocenters. The van der Waals surface area contributed by atoms with Crippen LogP contribution >= 0.6 is 0 Å². The van der Waals surface area contributed by atoms with Crippen LogP contribution in [-0.4, -0.2) is 69.8 Å². The molecule has 0 saturated carbocycles. The van der Waals surface area contributed by atoms with Crippen LogP contribution in [0.15, 0.2) is 0 Å². The average molecular weight is 242 g/mol. The Morgan fingerprint density at radius 1 is 0.750 bits per heavy atom. The van der Waals surface area contributed by atoms with Crippen molar-refractivity contribution >= 4 is 0 Å². The van der Waals surface area contributed by atoms with Crippen molar-refractivity contribution in [2.24, 2.45) is 5.92 Å². The van der Waals surface area contributed by atoms with Crippen molar-refractivity contribution < 1.29 is 30.6 Å². The largest absolute Gasteiger partial charge is 0.396 e. The van der Waals surface area contributed by atoms with E-state index in [1.54, 1.807) is 0 Å². The van der Waals surface area contributed by atoms with Gasteiger partial charge in [-0.15, -0.1) is 0 Å². The fourth-order valence-electron chi connectivity index (χ4n) is 0.316. The van der Waals surface area contributed by atoms with Crippen LogP contribution in [0.3, 0.4) is 0 Å². The highest BCUT2D eigenvalue weighted by molar-refractivity contribution is 4.44. The molecule has 0 saturated heterocycles. The predicted octanol–water partition coefficient (Wildman–Crippen LogP) is -1.67. The van der Waals surface area contributed by atoms with Gasteiger partial charge in [0.2, 0.25) is 0 Å². The zero-order chi connectivity index (χ0) is 13.4. The highest BCUT2D eigenvalue weighted by Crippen LogP contribution is 1.94. The highest BCUT2D eigenvalue weighted by atomic mass is 16.3. The van der Waals surface area contributed by atoms with Crippen LogP contribution in [0, 0.1) is 5.92 Å². The van der Waals surface area contributed by atoms with Crippen LogP contribution in [0.25, 0.3) is 0 Å². The fourth-order valence-corrected chi connectivity index (χ4v) is 0.316. The maximum Gasteiger partial charge on any atom is 0.100 e. The van der Waals surface area contributed by atoms with Gasteiger partial charge in [0.05, 0.1) is 26.4 Å². The second-order valence-corrected chi connectivity index (χ2v) is 3.37. The fraction of sp³-hybridized carbons (Fsp3) is 1.00. The predicted molar refractivity (Wildman–Crippen MR) is 60.9 cm³/mol. The molecule has 0 radical (unpaired) electrons. The minimum Gasteiger partial charge on any atom is -0.396 e. The third-order valence-electron chi connectivity index (χ3n) is 1.23. The van der Waals surface area contributed by atoms with Gasteiger partial charge in [0.25, 0.3) is 0 Å². The lowest BCUT2D eigenvalue weighted by Gasteiger charge is -1.96. The van der Waals surface area contributed by atoms with Crippen molar-refractivity contribution in [3.63, 3.8) is 0 Å². The van der Waals surface area contributed by atoms with Crippen LogP contribution in [0.5, 0.6) is 0 Å². The Kier molecular flexibility index (Phi) is 26.6. The summed E-state index contributed by atoms with van der Waals surface area (Å²) in [6.07, 6.45) is -0.0231. The molecule has 6 nitrogen and oxygen atoms in total. The molecule has 0 aliphatic rings. The molecule has 0 aromatic heterocycles. The third kappa shape index (κ3) is 37.2. The average Bonchev–Trinajstić information content (AvgIpc) is 2.29. The van der Waals surface area contributed by atoms with Crippen molar-refractivity contribution in [3.8, 4) is 0 Å². The smallest absolute Gasteiger partial charge is 0.100 e. The van der Waals surface area contributed by atoms with Crippen molar-refractivity contribution in [1.82, 2.24) is 0 Å². The van der Waals surface area contributed by atoms with E-state index in [1.807, 2.05) is 0 Å². The van der Waals surface area contributed by atoms with Gasteiger partial charge in [-0.2, -0.15) is 0 Å². The Hall–Kier alpha value is -0.240. The normalized spacial score (nSPS) is 9.38.